The summed E-state index contributed by atoms with van der Waals surface area (Å²) in [6, 6.07) is 12.0. The Balaban J connectivity index is 1.86. The number of carbonyl (C=O) groups excluding carboxylic acids is 2. The van der Waals surface area contributed by atoms with Crippen LogP contribution in [0.5, 0.6) is 0 Å². The minimum atomic E-state index is -1.16. The van der Waals surface area contributed by atoms with Gasteiger partial charge in [-0.25, -0.2) is 13.9 Å². The summed E-state index contributed by atoms with van der Waals surface area (Å²) in [4.78, 5) is 37.8. The van der Waals surface area contributed by atoms with Crippen LogP contribution in [0.15, 0.2) is 53.3 Å². The van der Waals surface area contributed by atoms with Crippen LogP contribution in [0.2, 0.25) is 0 Å². The molecule has 156 valence electrons. The zero-order valence-corrected chi connectivity index (χ0v) is 16.9. The molecule has 1 N–H and O–H groups in total. The van der Waals surface area contributed by atoms with Crippen molar-refractivity contribution < 1.29 is 18.7 Å². The number of carbonyl (C=O) groups is 2. The number of hydrogen-bond acceptors (Lipinski definition) is 5. The average molecular weight is 411 g/mol. The molecule has 0 unspecified atom stereocenters. The van der Waals surface area contributed by atoms with E-state index in [1.807, 2.05) is 13.8 Å². The van der Waals surface area contributed by atoms with Gasteiger partial charge in [-0.2, -0.15) is 5.10 Å². The normalized spacial score (nSPS) is 12.0. The summed E-state index contributed by atoms with van der Waals surface area (Å²) in [6.45, 7) is 5.60. The molecule has 0 aliphatic carbocycles. The molecule has 30 heavy (non-hydrogen) atoms. The number of anilines is 1. The third-order valence-electron chi connectivity index (χ3n) is 4.34. The van der Waals surface area contributed by atoms with Crippen molar-refractivity contribution in [1.29, 1.82) is 0 Å². The molecule has 3 aromatic rings. The van der Waals surface area contributed by atoms with Crippen LogP contribution in [-0.4, -0.2) is 27.8 Å². The van der Waals surface area contributed by atoms with Gasteiger partial charge in [0, 0.05) is 17.6 Å². The number of hydrogen-bond donors (Lipinski definition) is 1. The van der Waals surface area contributed by atoms with Crippen LogP contribution in [0.3, 0.4) is 0 Å². The van der Waals surface area contributed by atoms with E-state index in [4.69, 9.17) is 4.74 Å². The van der Waals surface area contributed by atoms with E-state index in [9.17, 15) is 18.8 Å². The van der Waals surface area contributed by atoms with Crippen LogP contribution in [-0.2, 0) is 16.1 Å². The molecule has 1 amide bonds. The standard InChI is InChI=1S/C22H22FN3O4/c1-13(2)12-26-21(28)18-10-5-4-9-17(18)19(25-26)22(29)30-14(3)20(27)24-16-8-6-7-15(23)11-16/h4-11,13-14H,12H2,1-3H3,(H,24,27)/t14-/m0/s1. The second kappa shape index (κ2) is 8.86. The number of esters is 1. The summed E-state index contributed by atoms with van der Waals surface area (Å²) in [5.41, 5.74) is -0.0963. The Labute approximate surface area is 172 Å². The molecule has 7 nitrogen and oxygen atoms in total. The first kappa shape index (κ1) is 21.2. The Hall–Kier alpha value is -3.55. The van der Waals surface area contributed by atoms with Gasteiger partial charge in [-0.1, -0.05) is 38.1 Å². The Morgan fingerprint density at radius 2 is 1.80 bits per heavy atom. The smallest absolute Gasteiger partial charge is 0.360 e. The van der Waals surface area contributed by atoms with Crippen molar-refractivity contribution in [3.63, 3.8) is 0 Å². The van der Waals surface area contributed by atoms with Crippen molar-refractivity contribution >= 4 is 28.3 Å². The fraction of sp³-hybridized carbons (Fsp3) is 0.273. The van der Waals surface area contributed by atoms with E-state index in [1.165, 1.54) is 29.8 Å². The fourth-order valence-corrected chi connectivity index (χ4v) is 2.94. The largest absolute Gasteiger partial charge is 0.448 e. The van der Waals surface area contributed by atoms with Gasteiger partial charge in [0.2, 0.25) is 0 Å². The van der Waals surface area contributed by atoms with Crippen LogP contribution >= 0.6 is 0 Å². The zero-order valence-electron chi connectivity index (χ0n) is 16.9. The fourth-order valence-electron chi connectivity index (χ4n) is 2.94. The van der Waals surface area contributed by atoms with Crippen LogP contribution in [0.4, 0.5) is 10.1 Å². The van der Waals surface area contributed by atoms with Crippen molar-refractivity contribution in [1.82, 2.24) is 9.78 Å². The lowest BCUT2D eigenvalue weighted by Gasteiger charge is -2.15. The Morgan fingerprint density at radius 1 is 1.10 bits per heavy atom. The minimum Gasteiger partial charge on any atom is -0.448 e. The average Bonchev–Trinajstić information content (AvgIpc) is 2.69. The molecule has 0 saturated carbocycles. The van der Waals surface area contributed by atoms with Gasteiger partial charge in [0.15, 0.2) is 11.8 Å². The maximum absolute atomic E-state index is 13.3. The summed E-state index contributed by atoms with van der Waals surface area (Å²) in [7, 11) is 0. The Kier molecular flexibility index (Phi) is 6.25. The summed E-state index contributed by atoms with van der Waals surface area (Å²) in [5, 5.41) is 7.38. The molecular weight excluding hydrogens is 389 g/mol. The van der Waals surface area contributed by atoms with Gasteiger partial charge < -0.3 is 10.1 Å². The van der Waals surface area contributed by atoms with Crippen LogP contribution in [0.25, 0.3) is 10.8 Å². The highest BCUT2D eigenvalue weighted by Crippen LogP contribution is 2.16. The molecule has 1 heterocycles. The number of nitrogens with zero attached hydrogens (tertiary/aromatic N) is 2. The van der Waals surface area contributed by atoms with Crippen molar-refractivity contribution in [3.05, 3.63) is 70.4 Å². The van der Waals surface area contributed by atoms with E-state index in [0.717, 1.165) is 6.07 Å². The lowest BCUT2D eigenvalue weighted by atomic mass is 10.1. The van der Waals surface area contributed by atoms with Crippen molar-refractivity contribution in [3.8, 4) is 0 Å². The monoisotopic (exact) mass is 411 g/mol. The molecule has 0 aliphatic rings. The van der Waals surface area contributed by atoms with Gasteiger partial charge >= 0.3 is 5.97 Å². The third kappa shape index (κ3) is 4.71. The molecule has 2 aromatic carbocycles. The first-order valence-electron chi connectivity index (χ1n) is 9.53. The van der Waals surface area contributed by atoms with Crippen LogP contribution in [0, 0.1) is 11.7 Å². The summed E-state index contributed by atoms with van der Waals surface area (Å²) in [5.74, 6) is -1.81. The summed E-state index contributed by atoms with van der Waals surface area (Å²) in [6.07, 6.45) is -1.16. The van der Waals surface area contributed by atoms with Gasteiger partial charge in [-0.3, -0.25) is 9.59 Å². The molecular formula is C22H22FN3O4. The topological polar surface area (TPSA) is 90.3 Å². The minimum absolute atomic E-state index is 0.0451. The number of rotatable bonds is 6. The number of nitrogens with one attached hydrogen (secondary N) is 1. The molecule has 0 radical (unpaired) electrons. The van der Waals surface area contributed by atoms with Gasteiger partial charge in [0.05, 0.1) is 5.39 Å². The van der Waals surface area contributed by atoms with Crippen molar-refractivity contribution in [2.75, 3.05) is 5.32 Å². The first-order chi connectivity index (χ1) is 14.3. The van der Waals surface area contributed by atoms with E-state index in [1.54, 1.807) is 24.3 Å². The van der Waals surface area contributed by atoms with Gasteiger partial charge in [-0.05, 0) is 37.1 Å². The SMILES string of the molecule is CC(C)Cn1nc(C(=O)O[C@@H](C)C(=O)Nc2cccc(F)c2)c2ccccc2c1=O. The number of amides is 1. The number of fused-ring (bicyclic) bond motifs is 1. The maximum atomic E-state index is 13.3. The van der Waals surface area contributed by atoms with Gasteiger partial charge in [0.25, 0.3) is 11.5 Å². The molecule has 0 fully saturated rings. The molecule has 0 spiro atoms. The van der Waals surface area contributed by atoms with Crippen molar-refractivity contribution in [2.45, 2.75) is 33.4 Å². The second-order valence-corrected chi connectivity index (χ2v) is 7.32. The van der Waals surface area contributed by atoms with E-state index < -0.39 is 23.8 Å². The third-order valence-corrected chi connectivity index (χ3v) is 4.34. The lowest BCUT2D eigenvalue weighted by molar-refractivity contribution is -0.123. The Morgan fingerprint density at radius 3 is 2.47 bits per heavy atom. The molecule has 0 aliphatic heterocycles. The molecule has 1 atom stereocenters. The highest BCUT2D eigenvalue weighted by molar-refractivity contribution is 6.03. The quantitative estimate of drug-likeness (QED) is 0.628. The molecule has 0 bridgehead atoms. The second-order valence-electron chi connectivity index (χ2n) is 7.32. The van der Waals surface area contributed by atoms with Gasteiger partial charge in [0.1, 0.15) is 5.82 Å². The zero-order chi connectivity index (χ0) is 21.8. The van der Waals surface area contributed by atoms with E-state index in [2.05, 4.69) is 10.4 Å². The molecule has 8 heteroatoms. The number of ether oxygens (including phenoxy) is 1. The maximum Gasteiger partial charge on any atom is 0.360 e. The van der Waals surface area contributed by atoms with Crippen LogP contribution < -0.4 is 10.9 Å². The molecule has 0 saturated heterocycles. The number of benzene rings is 2. The number of aromatic nitrogens is 2. The van der Waals surface area contributed by atoms with Gasteiger partial charge in [-0.15, -0.1) is 0 Å². The molecule has 3 rings (SSSR count). The Bertz CT molecular complexity index is 1160. The first-order valence-corrected chi connectivity index (χ1v) is 9.53. The van der Waals surface area contributed by atoms with E-state index in [0.29, 0.717) is 17.3 Å². The molecule has 1 aromatic heterocycles. The lowest BCUT2D eigenvalue weighted by Crippen LogP contribution is -2.32. The van der Waals surface area contributed by atoms with E-state index >= 15 is 0 Å². The highest BCUT2D eigenvalue weighted by Gasteiger charge is 2.23. The van der Waals surface area contributed by atoms with E-state index in [-0.39, 0.29) is 22.9 Å². The van der Waals surface area contributed by atoms with Crippen molar-refractivity contribution in [2.24, 2.45) is 5.92 Å². The highest BCUT2D eigenvalue weighted by atomic mass is 19.1. The predicted octanol–water partition coefficient (Wildman–Crippen LogP) is 3.38. The summed E-state index contributed by atoms with van der Waals surface area (Å²) >= 11 is 0. The van der Waals surface area contributed by atoms with Crippen LogP contribution in [0.1, 0.15) is 31.3 Å². The predicted molar refractivity (Wildman–Crippen MR) is 111 cm³/mol. The summed E-state index contributed by atoms with van der Waals surface area (Å²) < 4.78 is 19.8. The number of halogens is 1.